The summed E-state index contributed by atoms with van der Waals surface area (Å²) in [7, 11) is 0. The monoisotopic (exact) mass is 282 g/mol. The van der Waals surface area contributed by atoms with E-state index in [1.165, 1.54) is 19.3 Å². The van der Waals surface area contributed by atoms with Crippen molar-refractivity contribution in [1.29, 1.82) is 0 Å². The largest absolute Gasteiger partial charge is 0.396 e. The molecule has 2 aliphatic rings. The summed E-state index contributed by atoms with van der Waals surface area (Å²) in [6.07, 6.45) is 9.99. The Balaban J connectivity index is 1.86. The highest BCUT2D eigenvalue weighted by molar-refractivity contribution is 5.83. The molecule has 2 unspecified atom stereocenters. The number of hydrogen-bond acceptors (Lipinski definition) is 3. The summed E-state index contributed by atoms with van der Waals surface area (Å²) in [5.41, 5.74) is 5.58. The Hall–Kier alpha value is -0.610. The minimum absolute atomic E-state index is 0.155. The molecule has 4 N–H and O–H groups in total. The molecule has 2 aliphatic carbocycles. The van der Waals surface area contributed by atoms with Gasteiger partial charge in [0.2, 0.25) is 5.91 Å². The van der Waals surface area contributed by atoms with E-state index < -0.39 is 0 Å². The van der Waals surface area contributed by atoms with Gasteiger partial charge < -0.3 is 16.2 Å². The van der Waals surface area contributed by atoms with Crippen LogP contribution in [-0.2, 0) is 4.79 Å². The zero-order chi connectivity index (χ0) is 14.4. The third-order valence-corrected chi connectivity index (χ3v) is 5.51. The zero-order valence-corrected chi connectivity index (χ0v) is 12.6. The highest BCUT2D eigenvalue weighted by atomic mass is 16.3. The molecule has 2 fully saturated rings. The summed E-state index contributed by atoms with van der Waals surface area (Å²) in [4.78, 5) is 12.5. The van der Waals surface area contributed by atoms with E-state index in [2.05, 4.69) is 5.32 Å². The smallest absolute Gasteiger partial charge is 0.227 e. The number of amides is 1. The number of carbonyl (C=O) groups is 1. The predicted molar refractivity (Wildman–Crippen MR) is 80.1 cm³/mol. The molecule has 0 aliphatic heterocycles. The van der Waals surface area contributed by atoms with Gasteiger partial charge in [0.25, 0.3) is 0 Å². The van der Waals surface area contributed by atoms with Gasteiger partial charge in [-0.2, -0.15) is 0 Å². The molecule has 116 valence electrons. The van der Waals surface area contributed by atoms with Crippen LogP contribution in [0.4, 0.5) is 0 Å². The summed E-state index contributed by atoms with van der Waals surface area (Å²) >= 11 is 0. The molecule has 0 spiro atoms. The van der Waals surface area contributed by atoms with Crippen LogP contribution in [0.5, 0.6) is 0 Å². The first-order valence-electron chi connectivity index (χ1n) is 8.31. The molecular formula is C16H30N2O2. The molecule has 0 bridgehead atoms. The zero-order valence-electron chi connectivity index (χ0n) is 12.6. The van der Waals surface area contributed by atoms with Gasteiger partial charge in [0.05, 0.1) is 5.41 Å². The van der Waals surface area contributed by atoms with Crippen LogP contribution in [0.1, 0.15) is 57.8 Å². The van der Waals surface area contributed by atoms with E-state index in [1.807, 2.05) is 0 Å². The Kier molecular flexibility index (Phi) is 5.85. The van der Waals surface area contributed by atoms with Crippen LogP contribution in [0.3, 0.4) is 0 Å². The number of rotatable bonds is 5. The van der Waals surface area contributed by atoms with Crippen LogP contribution in [0.2, 0.25) is 0 Å². The van der Waals surface area contributed by atoms with E-state index in [1.54, 1.807) is 0 Å². The lowest BCUT2D eigenvalue weighted by molar-refractivity contribution is -0.132. The van der Waals surface area contributed by atoms with Crippen LogP contribution in [0, 0.1) is 17.3 Å². The van der Waals surface area contributed by atoms with Gasteiger partial charge in [-0.05, 0) is 37.5 Å². The van der Waals surface area contributed by atoms with Crippen LogP contribution in [0.15, 0.2) is 0 Å². The van der Waals surface area contributed by atoms with Gasteiger partial charge in [0.1, 0.15) is 0 Å². The van der Waals surface area contributed by atoms with Gasteiger partial charge in [-0.25, -0.2) is 0 Å². The van der Waals surface area contributed by atoms with Gasteiger partial charge in [0.15, 0.2) is 0 Å². The fraction of sp³-hybridized carbons (Fsp3) is 0.938. The second kappa shape index (κ2) is 7.41. The van der Waals surface area contributed by atoms with Crippen molar-refractivity contribution in [2.24, 2.45) is 23.0 Å². The van der Waals surface area contributed by atoms with E-state index in [0.717, 1.165) is 38.5 Å². The molecule has 0 aromatic carbocycles. The van der Waals surface area contributed by atoms with E-state index in [0.29, 0.717) is 24.9 Å². The van der Waals surface area contributed by atoms with Crippen LogP contribution < -0.4 is 11.1 Å². The lowest BCUT2D eigenvalue weighted by atomic mass is 9.73. The van der Waals surface area contributed by atoms with Crippen molar-refractivity contribution in [2.75, 3.05) is 19.7 Å². The molecule has 0 aromatic rings. The van der Waals surface area contributed by atoms with Crippen molar-refractivity contribution in [2.45, 2.75) is 57.8 Å². The second-order valence-corrected chi connectivity index (χ2v) is 6.74. The molecule has 0 radical (unpaired) electrons. The highest BCUT2D eigenvalue weighted by Gasteiger charge is 2.38. The number of hydrogen-bond donors (Lipinski definition) is 3. The quantitative estimate of drug-likeness (QED) is 0.720. The molecule has 4 nitrogen and oxygen atoms in total. The van der Waals surface area contributed by atoms with Crippen molar-refractivity contribution in [3.8, 4) is 0 Å². The van der Waals surface area contributed by atoms with Crippen molar-refractivity contribution < 1.29 is 9.90 Å². The van der Waals surface area contributed by atoms with Crippen LogP contribution in [-0.4, -0.2) is 30.7 Å². The normalized spacial score (nSPS) is 29.9. The van der Waals surface area contributed by atoms with Crippen LogP contribution in [0.25, 0.3) is 0 Å². The molecule has 2 atom stereocenters. The molecule has 0 saturated heterocycles. The maximum atomic E-state index is 12.5. The molecule has 4 heteroatoms. The number of nitrogens with one attached hydrogen (secondary N) is 1. The maximum Gasteiger partial charge on any atom is 0.227 e. The van der Waals surface area contributed by atoms with Crippen molar-refractivity contribution in [3.63, 3.8) is 0 Å². The predicted octanol–water partition coefficient (Wildman–Crippen LogP) is 1.81. The van der Waals surface area contributed by atoms with E-state index in [9.17, 15) is 9.90 Å². The highest BCUT2D eigenvalue weighted by Crippen LogP contribution is 2.36. The summed E-state index contributed by atoms with van der Waals surface area (Å²) in [6.45, 7) is 1.43. The van der Waals surface area contributed by atoms with Crippen molar-refractivity contribution in [3.05, 3.63) is 0 Å². The fourth-order valence-electron chi connectivity index (χ4n) is 3.96. The molecule has 20 heavy (non-hydrogen) atoms. The number of aliphatic hydroxyl groups is 1. The molecule has 1 amide bonds. The SMILES string of the molecule is NCC1(C(=O)NCC2CCCCC2CO)CCCCC1. The number of carbonyl (C=O) groups excluding carboxylic acids is 1. The Morgan fingerprint density at radius 3 is 2.35 bits per heavy atom. The van der Waals surface area contributed by atoms with Crippen molar-refractivity contribution in [1.82, 2.24) is 5.32 Å². The average molecular weight is 282 g/mol. The first-order chi connectivity index (χ1) is 9.72. The lowest BCUT2D eigenvalue weighted by Crippen LogP contribution is -2.49. The Labute approximate surface area is 122 Å². The van der Waals surface area contributed by atoms with E-state index in [-0.39, 0.29) is 17.9 Å². The van der Waals surface area contributed by atoms with Crippen molar-refractivity contribution >= 4 is 5.91 Å². The first kappa shape index (κ1) is 15.8. The number of nitrogens with two attached hydrogens (primary N) is 1. The topological polar surface area (TPSA) is 75.4 Å². The summed E-state index contributed by atoms with van der Waals surface area (Å²) in [5.74, 6) is 0.960. The van der Waals surface area contributed by atoms with E-state index in [4.69, 9.17) is 5.73 Å². The Bertz CT molecular complexity index is 314. The average Bonchev–Trinajstić information content (AvgIpc) is 2.53. The number of aliphatic hydroxyl groups excluding tert-OH is 1. The Morgan fingerprint density at radius 2 is 1.75 bits per heavy atom. The minimum Gasteiger partial charge on any atom is -0.396 e. The third kappa shape index (κ3) is 3.53. The molecule has 0 heterocycles. The molecule has 2 rings (SSSR count). The van der Waals surface area contributed by atoms with Gasteiger partial charge in [-0.15, -0.1) is 0 Å². The summed E-state index contributed by atoms with van der Waals surface area (Å²) in [6, 6.07) is 0. The summed E-state index contributed by atoms with van der Waals surface area (Å²) < 4.78 is 0. The van der Waals surface area contributed by atoms with Crippen LogP contribution >= 0.6 is 0 Å². The Morgan fingerprint density at radius 1 is 1.10 bits per heavy atom. The molecule has 2 saturated carbocycles. The molecular weight excluding hydrogens is 252 g/mol. The fourth-order valence-corrected chi connectivity index (χ4v) is 3.96. The van der Waals surface area contributed by atoms with E-state index >= 15 is 0 Å². The second-order valence-electron chi connectivity index (χ2n) is 6.74. The van der Waals surface area contributed by atoms with Gasteiger partial charge >= 0.3 is 0 Å². The molecule has 0 aromatic heterocycles. The minimum atomic E-state index is -0.318. The third-order valence-electron chi connectivity index (χ3n) is 5.51. The van der Waals surface area contributed by atoms with Gasteiger partial charge in [-0.1, -0.05) is 32.1 Å². The summed E-state index contributed by atoms with van der Waals surface area (Å²) in [5, 5.41) is 12.6. The lowest BCUT2D eigenvalue weighted by Gasteiger charge is -2.36. The first-order valence-corrected chi connectivity index (χ1v) is 8.31. The maximum absolute atomic E-state index is 12.5. The van der Waals surface area contributed by atoms with Gasteiger partial charge in [0, 0.05) is 19.7 Å². The standard InChI is InChI=1S/C16H30N2O2/c17-12-16(8-4-1-5-9-16)15(20)18-10-13-6-2-3-7-14(13)11-19/h13-14,19H,1-12,17H2,(H,18,20). The van der Waals surface area contributed by atoms with Gasteiger partial charge in [-0.3, -0.25) is 4.79 Å².